The molecule has 0 saturated carbocycles. The molecule has 1 atom stereocenters. The van der Waals surface area contributed by atoms with Crippen molar-refractivity contribution in [1.82, 2.24) is 14.9 Å². The Bertz CT molecular complexity index is 946. The fourth-order valence-corrected chi connectivity index (χ4v) is 3.87. The van der Waals surface area contributed by atoms with Crippen LogP contribution < -0.4 is 5.56 Å². The van der Waals surface area contributed by atoms with Crippen molar-refractivity contribution in [2.24, 2.45) is 0 Å². The summed E-state index contributed by atoms with van der Waals surface area (Å²) < 4.78 is 13.0. The lowest BCUT2D eigenvalue weighted by atomic mass is 10.1. The third-order valence-electron chi connectivity index (χ3n) is 4.78. The van der Waals surface area contributed by atoms with Crippen LogP contribution in [0.25, 0.3) is 10.2 Å². The molecule has 0 aliphatic carbocycles. The van der Waals surface area contributed by atoms with Crippen LogP contribution in [0.3, 0.4) is 0 Å². The molecule has 4 nitrogen and oxygen atoms in total. The molecule has 0 fully saturated rings. The van der Waals surface area contributed by atoms with Gasteiger partial charge in [0, 0.05) is 11.4 Å². The van der Waals surface area contributed by atoms with E-state index < -0.39 is 0 Å². The van der Waals surface area contributed by atoms with Gasteiger partial charge in [0.15, 0.2) is 0 Å². The van der Waals surface area contributed by atoms with Crippen LogP contribution in [0.15, 0.2) is 29.1 Å². The zero-order chi connectivity index (χ0) is 18.1. The highest BCUT2D eigenvalue weighted by Crippen LogP contribution is 2.27. The van der Waals surface area contributed by atoms with E-state index in [0.717, 1.165) is 33.8 Å². The fraction of sp³-hybridized carbons (Fsp3) is 0.368. The van der Waals surface area contributed by atoms with Gasteiger partial charge >= 0.3 is 0 Å². The molecular weight excluding hydrogens is 337 g/mol. The maximum absolute atomic E-state index is 13.0. The molecule has 1 aromatic carbocycles. The van der Waals surface area contributed by atoms with Gasteiger partial charge in [0.2, 0.25) is 0 Å². The Kier molecular flexibility index (Phi) is 5.01. The highest BCUT2D eigenvalue weighted by molar-refractivity contribution is 7.18. The number of rotatable bonds is 5. The lowest BCUT2D eigenvalue weighted by Gasteiger charge is -2.23. The monoisotopic (exact) mass is 359 g/mol. The Morgan fingerprint density at radius 3 is 2.64 bits per heavy atom. The minimum atomic E-state index is -0.220. The van der Waals surface area contributed by atoms with E-state index in [-0.39, 0.29) is 17.4 Å². The summed E-state index contributed by atoms with van der Waals surface area (Å²) in [7, 11) is 2.00. The van der Waals surface area contributed by atoms with Crippen LogP contribution in [0.2, 0.25) is 0 Å². The molecule has 0 amide bonds. The van der Waals surface area contributed by atoms with Crippen molar-refractivity contribution in [3.63, 3.8) is 0 Å². The lowest BCUT2D eigenvalue weighted by molar-refractivity contribution is 0.255. The van der Waals surface area contributed by atoms with Gasteiger partial charge in [0.1, 0.15) is 16.5 Å². The van der Waals surface area contributed by atoms with Gasteiger partial charge in [-0.1, -0.05) is 12.1 Å². The van der Waals surface area contributed by atoms with Crippen molar-refractivity contribution in [1.29, 1.82) is 0 Å². The molecule has 132 valence electrons. The van der Waals surface area contributed by atoms with Crippen molar-refractivity contribution >= 4 is 21.6 Å². The van der Waals surface area contributed by atoms with Crippen LogP contribution in [0.1, 0.15) is 34.8 Å². The quantitative estimate of drug-likeness (QED) is 0.750. The number of aromatic nitrogens is 2. The zero-order valence-corrected chi connectivity index (χ0v) is 15.7. The van der Waals surface area contributed by atoms with Crippen molar-refractivity contribution in [2.75, 3.05) is 13.6 Å². The van der Waals surface area contributed by atoms with E-state index in [1.165, 1.54) is 12.1 Å². The summed E-state index contributed by atoms with van der Waals surface area (Å²) >= 11 is 1.56. The number of thiophene rings is 1. The maximum Gasteiger partial charge on any atom is 0.259 e. The SMILES string of the molecule is Cc1sc2nc(C(C)N(C)CCc3ccc(F)cc3)[nH]c(=O)c2c1C. The van der Waals surface area contributed by atoms with Gasteiger partial charge < -0.3 is 4.98 Å². The number of aromatic amines is 1. The Morgan fingerprint density at radius 2 is 1.96 bits per heavy atom. The highest BCUT2D eigenvalue weighted by atomic mass is 32.1. The number of likely N-dealkylation sites (N-methyl/N-ethyl adjacent to an activating group) is 1. The topological polar surface area (TPSA) is 49.0 Å². The van der Waals surface area contributed by atoms with E-state index in [1.807, 2.05) is 27.8 Å². The Labute approximate surface area is 150 Å². The predicted octanol–water partition coefficient (Wildman–Crippen LogP) is 3.98. The Morgan fingerprint density at radius 1 is 1.28 bits per heavy atom. The van der Waals surface area contributed by atoms with E-state index in [4.69, 9.17) is 0 Å². The van der Waals surface area contributed by atoms with Crippen LogP contribution in [-0.4, -0.2) is 28.5 Å². The number of hydrogen-bond donors (Lipinski definition) is 1. The number of hydrogen-bond acceptors (Lipinski definition) is 4. The minimum absolute atomic E-state index is 0.0136. The number of H-pyrrole nitrogens is 1. The first-order valence-electron chi connectivity index (χ1n) is 8.31. The van der Waals surface area contributed by atoms with Gasteiger partial charge in [-0.15, -0.1) is 11.3 Å². The molecule has 0 saturated heterocycles. The van der Waals surface area contributed by atoms with Crippen LogP contribution >= 0.6 is 11.3 Å². The predicted molar refractivity (Wildman–Crippen MR) is 101 cm³/mol. The van der Waals surface area contributed by atoms with Crippen molar-refractivity contribution < 1.29 is 4.39 Å². The molecule has 1 N–H and O–H groups in total. The number of benzene rings is 1. The third-order valence-corrected chi connectivity index (χ3v) is 5.88. The summed E-state index contributed by atoms with van der Waals surface area (Å²) in [6.07, 6.45) is 0.810. The summed E-state index contributed by atoms with van der Waals surface area (Å²) in [6, 6.07) is 6.55. The van der Waals surface area contributed by atoms with Crippen LogP contribution in [0, 0.1) is 19.7 Å². The van der Waals surface area contributed by atoms with E-state index >= 15 is 0 Å². The lowest BCUT2D eigenvalue weighted by Crippen LogP contribution is -2.28. The molecule has 3 aromatic rings. The molecule has 25 heavy (non-hydrogen) atoms. The molecule has 0 bridgehead atoms. The number of aryl methyl sites for hydroxylation is 2. The molecule has 0 aliphatic heterocycles. The van der Waals surface area contributed by atoms with Crippen LogP contribution in [0.5, 0.6) is 0 Å². The summed E-state index contributed by atoms with van der Waals surface area (Å²) in [4.78, 5) is 24.1. The van der Waals surface area contributed by atoms with Gasteiger partial charge in [-0.25, -0.2) is 9.37 Å². The summed E-state index contributed by atoms with van der Waals surface area (Å²) in [5, 5.41) is 0.701. The standard InChI is InChI=1S/C19H22FN3OS/c1-11-13(3)25-19-16(11)18(24)21-17(22-19)12(2)23(4)10-9-14-5-7-15(20)8-6-14/h5-8,12H,9-10H2,1-4H3,(H,21,22,24). The van der Waals surface area contributed by atoms with Gasteiger partial charge in [-0.05, 0) is 57.5 Å². The summed E-state index contributed by atoms with van der Waals surface area (Å²) in [5.41, 5.74) is 2.03. The second kappa shape index (κ2) is 7.06. The smallest absolute Gasteiger partial charge is 0.259 e. The third kappa shape index (κ3) is 3.65. The first-order chi connectivity index (χ1) is 11.9. The van der Waals surface area contributed by atoms with Gasteiger partial charge in [-0.2, -0.15) is 0 Å². The molecule has 2 aromatic heterocycles. The number of nitrogens with one attached hydrogen (secondary N) is 1. The molecule has 3 rings (SSSR count). The highest BCUT2D eigenvalue weighted by Gasteiger charge is 2.18. The van der Waals surface area contributed by atoms with Gasteiger partial charge in [-0.3, -0.25) is 9.69 Å². The minimum Gasteiger partial charge on any atom is -0.309 e. The number of fused-ring (bicyclic) bond motifs is 1. The second-order valence-corrected chi connectivity index (χ2v) is 7.65. The van der Waals surface area contributed by atoms with E-state index in [9.17, 15) is 9.18 Å². The van der Waals surface area contributed by atoms with Gasteiger partial charge in [0.05, 0.1) is 11.4 Å². The number of nitrogens with zero attached hydrogens (tertiary/aromatic N) is 2. The zero-order valence-electron chi connectivity index (χ0n) is 14.9. The first kappa shape index (κ1) is 17.8. The van der Waals surface area contributed by atoms with E-state index in [0.29, 0.717) is 11.2 Å². The molecule has 2 heterocycles. The Hall–Kier alpha value is -2.05. The van der Waals surface area contributed by atoms with Crippen LogP contribution in [0.4, 0.5) is 4.39 Å². The van der Waals surface area contributed by atoms with Gasteiger partial charge in [0.25, 0.3) is 5.56 Å². The normalized spacial score (nSPS) is 12.9. The van der Waals surface area contributed by atoms with Crippen molar-refractivity contribution in [3.05, 3.63) is 62.3 Å². The maximum atomic E-state index is 13.0. The second-order valence-electron chi connectivity index (χ2n) is 6.45. The molecule has 0 aliphatic rings. The van der Waals surface area contributed by atoms with E-state index in [1.54, 1.807) is 23.5 Å². The summed E-state index contributed by atoms with van der Waals surface area (Å²) in [6.45, 7) is 6.79. The van der Waals surface area contributed by atoms with Crippen molar-refractivity contribution in [3.8, 4) is 0 Å². The number of halogens is 1. The average Bonchev–Trinajstić information content (AvgIpc) is 2.88. The molecular formula is C19H22FN3OS. The largest absolute Gasteiger partial charge is 0.309 e. The molecule has 6 heteroatoms. The van der Waals surface area contributed by atoms with Crippen molar-refractivity contribution in [2.45, 2.75) is 33.2 Å². The molecule has 1 unspecified atom stereocenters. The molecule has 0 radical (unpaired) electrons. The Balaban J connectivity index is 1.77. The first-order valence-corrected chi connectivity index (χ1v) is 9.13. The molecule has 0 spiro atoms. The fourth-order valence-electron chi connectivity index (χ4n) is 2.83. The van der Waals surface area contributed by atoms with Crippen LogP contribution in [-0.2, 0) is 6.42 Å². The van der Waals surface area contributed by atoms with E-state index in [2.05, 4.69) is 14.9 Å². The average molecular weight is 359 g/mol. The summed E-state index contributed by atoms with van der Waals surface area (Å²) in [5.74, 6) is 0.461.